The lowest BCUT2D eigenvalue weighted by atomic mass is 10.0. The van der Waals surface area contributed by atoms with Crippen LogP contribution in [0, 0.1) is 10.1 Å². The first-order valence-electron chi connectivity index (χ1n) is 9.23. The number of para-hydroxylation sites is 1. The Morgan fingerprint density at radius 3 is 2.61 bits per heavy atom. The Morgan fingerprint density at radius 2 is 1.84 bits per heavy atom. The molecule has 4 rings (SSSR count). The van der Waals surface area contributed by atoms with Gasteiger partial charge in [-0.3, -0.25) is 14.9 Å². The molecular formula is C23H16N2O6. The molecule has 0 saturated heterocycles. The Bertz CT molecular complexity index is 1380. The van der Waals surface area contributed by atoms with E-state index in [1.165, 1.54) is 25.3 Å². The van der Waals surface area contributed by atoms with Crippen molar-refractivity contribution in [1.82, 2.24) is 0 Å². The average Bonchev–Trinajstić information content (AvgIpc) is 2.78. The van der Waals surface area contributed by atoms with Gasteiger partial charge in [-0.1, -0.05) is 30.3 Å². The number of rotatable bonds is 5. The molecule has 0 spiro atoms. The largest absolute Gasteiger partial charge is 0.495 e. The molecule has 0 aliphatic rings. The number of nitro groups is 1. The van der Waals surface area contributed by atoms with Crippen LogP contribution in [0.3, 0.4) is 0 Å². The molecule has 1 amide bonds. The summed E-state index contributed by atoms with van der Waals surface area (Å²) in [6.45, 7) is 0. The standard InChI is InChI=1S/C23H16N2O6/c1-30-21-10-9-17(25(28)29)13-19(21)24-22(26)16-7-4-6-14(11-16)18-12-15-5-2-3-8-20(15)31-23(18)27/h2-13H,1H3,(H,24,26). The van der Waals surface area contributed by atoms with E-state index in [4.69, 9.17) is 9.15 Å². The highest BCUT2D eigenvalue weighted by Gasteiger charge is 2.16. The van der Waals surface area contributed by atoms with E-state index < -0.39 is 16.5 Å². The highest BCUT2D eigenvalue weighted by atomic mass is 16.6. The minimum atomic E-state index is -0.561. The number of methoxy groups -OCH3 is 1. The summed E-state index contributed by atoms with van der Waals surface area (Å²) in [5.74, 6) is -0.226. The van der Waals surface area contributed by atoms with E-state index in [2.05, 4.69) is 5.32 Å². The van der Waals surface area contributed by atoms with Gasteiger partial charge in [-0.25, -0.2) is 4.79 Å². The fourth-order valence-corrected chi connectivity index (χ4v) is 3.19. The number of amides is 1. The summed E-state index contributed by atoms with van der Waals surface area (Å²) in [7, 11) is 1.40. The molecule has 1 heterocycles. The SMILES string of the molecule is COc1ccc([N+](=O)[O-])cc1NC(=O)c1cccc(-c2cc3ccccc3oc2=O)c1. The van der Waals surface area contributed by atoms with Gasteiger partial charge in [0.15, 0.2) is 0 Å². The number of non-ortho nitro benzene ring substituents is 1. The van der Waals surface area contributed by atoms with Crippen molar-refractivity contribution in [3.8, 4) is 16.9 Å². The maximum atomic E-state index is 12.8. The second kappa shape index (κ2) is 8.11. The van der Waals surface area contributed by atoms with Crippen LogP contribution in [0.5, 0.6) is 5.75 Å². The predicted molar refractivity (Wildman–Crippen MR) is 116 cm³/mol. The molecule has 3 aromatic carbocycles. The molecule has 154 valence electrons. The molecule has 1 aromatic heterocycles. The molecule has 1 N–H and O–H groups in total. The van der Waals surface area contributed by atoms with Gasteiger partial charge in [0.2, 0.25) is 0 Å². The molecule has 0 saturated carbocycles. The fourth-order valence-electron chi connectivity index (χ4n) is 3.19. The van der Waals surface area contributed by atoms with E-state index in [-0.39, 0.29) is 22.7 Å². The first-order chi connectivity index (χ1) is 15.0. The van der Waals surface area contributed by atoms with Crippen molar-refractivity contribution in [1.29, 1.82) is 0 Å². The summed E-state index contributed by atoms with van der Waals surface area (Å²) in [5, 5.41) is 14.4. The van der Waals surface area contributed by atoms with Crippen LogP contribution in [0.25, 0.3) is 22.1 Å². The summed E-state index contributed by atoms with van der Waals surface area (Å²) in [4.78, 5) is 35.7. The summed E-state index contributed by atoms with van der Waals surface area (Å²) in [6, 6.07) is 19.2. The van der Waals surface area contributed by atoms with Crippen LogP contribution in [0.15, 0.2) is 82.0 Å². The number of nitrogens with zero attached hydrogens (tertiary/aromatic N) is 1. The predicted octanol–water partition coefficient (Wildman–Crippen LogP) is 4.63. The van der Waals surface area contributed by atoms with E-state index in [0.717, 1.165) is 5.39 Å². The van der Waals surface area contributed by atoms with Crippen molar-refractivity contribution in [2.75, 3.05) is 12.4 Å². The first-order valence-corrected chi connectivity index (χ1v) is 9.23. The smallest absolute Gasteiger partial charge is 0.344 e. The van der Waals surface area contributed by atoms with Gasteiger partial charge in [0.1, 0.15) is 11.3 Å². The third kappa shape index (κ3) is 3.99. The number of carbonyl (C=O) groups is 1. The molecule has 0 aliphatic carbocycles. The normalized spacial score (nSPS) is 10.6. The van der Waals surface area contributed by atoms with Gasteiger partial charge in [0.25, 0.3) is 11.6 Å². The zero-order valence-corrected chi connectivity index (χ0v) is 16.3. The fraction of sp³-hybridized carbons (Fsp3) is 0.0435. The molecule has 0 radical (unpaired) electrons. The van der Waals surface area contributed by atoms with Crippen molar-refractivity contribution in [2.24, 2.45) is 0 Å². The lowest BCUT2D eigenvalue weighted by Gasteiger charge is -2.11. The van der Waals surface area contributed by atoms with Crippen LogP contribution in [0.2, 0.25) is 0 Å². The number of nitrogens with one attached hydrogen (secondary N) is 1. The number of anilines is 1. The molecular weight excluding hydrogens is 400 g/mol. The Labute approximate surface area is 175 Å². The Morgan fingerprint density at radius 1 is 1.03 bits per heavy atom. The minimum Gasteiger partial charge on any atom is -0.495 e. The van der Waals surface area contributed by atoms with Crippen LogP contribution in [-0.2, 0) is 0 Å². The minimum absolute atomic E-state index is 0.164. The van der Waals surface area contributed by atoms with E-state index in [1.54, 1.807) is 42.5 Å². The van der Waals surface area contributed by atoms with Crippen LogP contribution in [0.4, 0.5) is 11.4 Å². The molecule has 0 atom stereocenters. The summed E-state index contributed by atoms with van der Waals surface area (Å²) < 4.78 is 10.5. The molecule has 4 aromatic rings. The molecule has 0 unspecified atom stereocenters. The molecule has 0 bridgehead atoms. The first kappa shape index (κ1) is 19.8. The van der Waals surface area contributed by atoms with Crippen LogP contribution in [-0.4, -0.2) is 17.9 Å². The number of ether oxygens (including phenoxy) is 1. The number of carbonyl (C=O) groups excluding carboxylic acids is 1. The summed E-state index contributed by atoms with van der Waals surface area (Å²) in [5.41, 5.74) is 1.04. The topological polar surface area (TPSA) is 112 Å². The molecule has 0 aliphatic heterocycles. The molecule has 0 fully saturated rings. The number of fused-ring (bicyclic) bond motifs is 1. The average molecular weight is 416 g/mol. The van der Waals surface area contributed by atoms with Crippen molar-refractivity contribution in [3.63, 3.8) is 0 Å². The number of benzene rings is 3. The third-order valence-corrected chi connectivity index (χ3v) is 4.72. The number of hydrogen-bond donors (Lipinski definition) is 1. The lowest BCUT2D eigenvalue weighted by Crippen LogP contribution is -2.13. The summed E-state index contributed by atoms with van der Waals surface area (Å²) >= 11 is 0. The molecule has 8 heteroatoms. The van der Waals surface area contributed by atoms with Crippen molar-refractivity contribution in [3.05, 3.63) is 98.9 Å². The van der Waals surface area contributed by atoms with Gasteiger partial charge >= 0.3 is 5.63 Å². The van der Waals surface area contributed by atoms with Gasteiger partial charge < -0.3 is 14.5 Å². The van der Waals surface area contributed by atoms with E-state index in [1.807, 2.05) is 12.1 Å². The van der Waals surface area contributed by atoms with E-state index in [9.17, 15) is 19.7 Å². The van der Waals surface area contributed by atoms with E-state index in [0.29, 0.717) is 16.7 Å². The van der Waals surface area contributed by atoms with E-state index >= 15 is 0 Å². The Kier molecular flexibility index (Phi) is 5.19. The quantitative estimate of drug-likeness (QED) is 0.288. The number of nitro benzene ring substituents is 1. The van der Waals surface area contributed by atoms with Crippen molar-refractivity contribution in [2.45, 2.75) is 0 Å². The maximum absolute atomic E-state index is 12.8. The van der Waals surface area contributed by atoms with Crippen molar-refractivity contribution >= 4 is 28.3 Å². The van der Waals surface area contributed by atoms with Gasteiger partial charge in [-0.2, -0.15) is 0 Å². The highest BCUT2D eigenvalue weighted by Crippen LogP contribution is 2.29. The van der Waals surface area contributed by atoms with Crippen LogP contribution >= 0.6 is 0 Å². The van der Waals surface area contributed by atoms with Crippen LogP contribution in [0.1, 0.15) is 10.4 Å². The molecule has 31 heavy (non-hydrogen) atoms. The zero-order valence-electron chi connectivity index (χ0n) is 16.3. The van der Waals surface area contributed by atoms with Gasteiger partial charge in [-0.05, 0) is 35.9 Å². The monoisotopic (exact) mass is 416 g/mol. The third-order valence-electron chi connectivity index (χ3n) is 4.72. The zero-order chi connectivity index (χ0) is 22.0. The second-order valence-corrected chi connectivity index (χ2v) is 6.66. The van der Waals surface area contributed by atoms with Crippen LogP contribution < -0.4 is 15.7 Å². The van der Waals surface area contributed by atoms with Gasteiger partial charge in [0, 0.05) is 23.1 Å². The number of hydrogen-bond acceptors (Lipinski definition) is 6. The van der Waals surface area contributed by atoms with Crippen molar-refractivity contribution < 1.29 is 18.9 Å². The van der Waals surface area contributed by atoms with Gasteiger partial charge in [0.05, 0.1) is 23.3 Å². The summed E-state index contributed by atoms with van der Waals surface area (Å²) in [6.07, 6.45) is 0. The van der Waals surface area contributed by atoms with Gasteiger partial charge in [-0.15, -0.1) is 0 Å². The molecule has 8 nitrogen and oxygen atoms in total. The second-order valence-electron chi connectivity index (χ2n) is 6.66. The maximum Gasteiger partial charge on any atom is 0.344 e. The Hall–Kier alpha value is -4.46. The highest BCUT2D eigenvalue weighted by molar-refractivity contribution is 6.06. The Balaban J connectivity index is 1.69. The lowest BCUT2D eigenvalue weighted by molar-refractivity contribution is -0.384.